The molecule has 0 aromatic heterocycles. The van der Waals surface area contributed by atoms with E-state index in [4.69, 9.17) is 24.5 Å². The van der Waals surface area contributed by atoms with Gasteiger partial charge in [0, 0.05) is 10.5 Å². The number of ether oxygens (including phenoxy) is 4. The van der Waals surface area contributed by atoms with Gasteiger partial charge in [0.05, 0.1) is 19.3 Å². The molecule has 0 bridgehead atoms. The first kappa shape index (κ1) is 20.9. The molecule has 32 heavy (non-hydrogen) atoms. The summed E-state index contributed by atoms with van der Waals surface area (Å²) in [6.07, 6.45) is -3.89. The van der Waals surface area contributed by atoms with Gasteiger partial charge in [-0.05, 0) is 27.9 Å². The fraction of sp³-hybridized carbons (Fsp3) is 0.333. The second kappa shape index (κ2) is 9.26. The van der Waals surface area contributed by atoms with Crippen LogP contribution in [0.15, 0.2) is 77.9 Å². The summed E-state index contributed by atoms with van der Waals surface area (Å²) in [5.74, 6) is 0. The molecule has 2 saturated heterocycles. The van der Waals surface area contributed by atoms with Crippen molar-refractivity contribution in [1.29, 1.82) is 0 Å². The molecule has 0 radical (unpaired) electrons. The van der Waals surface area contributed by atoms with E-state index < -0.39 is 36.9 Å². The highest BCUT2D eigenvalue weighted by molar-refractivity contribution is 5.82. The van der Waals surface area contributed by atoms with Gasteiger partial charge in [0.1, 0.15) is 18.2 Å². The molecule has 2 aliphatic heterocycles. The predicted molar refractivity (Wildman–Crippen MR) is 116 cm³/mol. The fourth-order valence-electron chi connectivity index (χ4n) is 4.18. The van der Waals surface area contributed by atoms with Crippen LogP contribution in [-0.4, -0.2) is 42.4 Å². The third kappa shape index (κ3) is 4.20. The number of benzene rings is 3. The molecule has 2 heterocycles. The predicted octanol–water partition coefficient (Wildman–Crippen LogP) is 4.24. The van der Waals surface area contributed by atoms with E-state index in [0.29, 0.717) is 0 Å². The highest BCUT2D eigenvalue weighted by Crippen LogP contribution is 2.35. The van der Waals surface area contributed by atoms with Crippen molar-refractivity contribution in [3.63, 3.8) is 0 Å². The second-order valence-corrected chi connectivity index (χ2v) is 7.90. The molecular formula is C24H23N3O5. The number of aliphatic hydroxyl groups is 1. The number of hydrogen-bond donors (Lipinski definition) is 1. The van der Waals surface area contributed by atoms with E-state index in [2.05, 4.69) is 10.0 Å². The van der Waals surface area contributed by atoms with Crippen molar-refractivity contribution in [1.82, 2.24) is 0 Å². The van der Waals surface area contributed by atoms with Crippen LogP contribution < -0.4 is 0 Å². The smallest absolute Gasteiger partial charge is 0.184 e. The Labute approximate surface area is 184 Å². The normalized spacial score (nSPS) is 29.8. The number of rotatable bonds is 5. The minimum Gasteiger partial charge on any atom is -0.390 e. The van der Waals surface area contributed by atoms with Gasteiger partial charge >= 0.3 is 0 Å². The van der Waals surface area contributed by atoms with Crippen molar-refractivity contribution in [2.45, 2.75) is 43.5 Å². The molecule has 0 saturated carbocycles. The molecule has 3 aromatic carbocycles. The minimum absolute atomic E-state index is 0.222. The summed E-state index contributed by atoms with van der Waals surface area (Å²) < 4.78 is 23.8. The minimum atomic E-state index is -1.10. The molecular weight excluding hydrogens is 410 g/mol. The lowest BCUT2D eigenvalue weighted by atomic mass is 9.96. The Bertz CT molecular complexity index is 1120. The Morgan fingerprint density at radius 3 is 2.59 bits per heavy atom. The highest BCUT2D eigenvalue weighted by atomic mass is 16.7. The molecule has 0 amide bonds. The Hall–Kier alpha value is -2.97. The quantitative estimate of drug-likeness (QED) is 0.368. The lowest BCUT2D eigenvalue weighted by Gasteiger charge is -2.46. The van der Waals surface area contributed by atoms with Gasteiger partial charge in [0.15, 0.2) is 12.6 Å². The Morgan fingerprint density at radius 1 is 1.00 bits per heavy atom. The summed E-state index contributed by atoms with van der Waals surface area (Å²) in [6, 6.07) is 22.6. The summed E-state index contributed by atoms with van der Waals surface area (Å²) >= 11 is 0. The molecule has 8 heteroatoms. The zero-order valence-electron chi connectivity index (χ0n) is 17.2. The van der Waals surface area contributed by atoms with Crippen LogP contribution in [0, 0.1) is 0 Å². The van der Waals surface area contributed by atoms with Crippen molar-refractivity contribution in [3.05, 3.63) is 94.4 Å². The van der Waals surface area contributed by atoms with Crippen LogP contribution in [0.3, 0.4) is 0 Å². The molecule has 1 N–H and O–H groups in total. The monoisotopic (exact) mass is 433 g/mol. The Morgan fingerprint density at radius 2 is 1.78 bits per heavy atom. The summed E-state index contributed by atoms with van der Waals surface area (Å²) in [4.78, 5) is 2.89. The van der Waals surface area contributed by atoms with Crippen molar-refractivity contribution in [2.24, 2.45) is 5.11 Å². The van der Waals surface area contributed by atoms with Crippen LogP contribution in [0.25, 0.3) is 21.2 Å². The first-order chi connectivity index (χ1) is 15.7. The average molecular weight is 433 g/mol. The van der Waals surface area contributed by atoms with Crippen LogP contribution >= 0.6 is 0 Å². The maximum absolute atomic E-state index is 11.0. The van der Waals surface area contributed by atoms with Gasteiger partial charge in [-0.1, -0.05) is 71.8 Å². The number of nitrogens with zero attached hydrogens (tertiary/aromatic N) is 3. The van der Waals surface area contributed by atoms with Crippen molar-refractivity contribution in [2.75, 3.05) is 6.61 Å². The molecule has 5 rings (SSSR count). The summed E-state index contributed by atoms with van der Waals surface area (Å²) in [6.45, 7) is 0.464. The standard InChI is InChI=1S/C24H23N3O5/c25-27-26-20-21(28)22-19(14-30-23(32-22)17-7-2-1-3-8-17)31-24(20)29-13-15-10-11-16-6-4-5-9-18(16)12-15/h1-12,19-24,28H,13-14H2/t19-,20-,21-,22+,23?,24+/m1/s1. The van der Waals surface area contributed by atoms with Gasteiger partial charge in [-0.2, -0.15) is 0 Å². The van der Waals surface area contributed by atoms with Crippen molar-refractivity contribution in [3.8, 4) is 0 Å². The lowest BCUT2D eigenvalue weighted by Crippen LogP contribution is -2.61. The molecule has 6 atom stereocenters. The first-order valence-electron chi connectivity index (χ1n) is 10.5. The van der Waals surface area contributed by atoms with E-state index in [9.17, 15) is 5.11 Å². The van der Waals surface area contributed by atoms with Crippen molar-refractivity contribution < 1.29 is 24.1 Å². The van der Waals surface area contributed by atoms with Gasteiger partial charge in [-0.15, -0.1) is 0 Å². The second-order valence-electron chi connectivity index (χ2n) is 7.90. The van der Waals surface area contributed by atoms with Gasteiger partial charge in [0.25, 0.3) is 0 Å². The zero-order valence-corrected chi connectivity index (χ0v) is 17.2. The van der Waals surface area contributed by atoms with E-state index in [-0.39, 0.29) is 13.2 Å². The van der Waals surface area contributed by atoms with Crippen LogP contribution in [0.5, 0.6) is 0 Å². The Kier molecular flexibility index (Phi) is 6.05. The zero-order chi connectivity index (χ0) is 21.9. The maximum Gasteiger partial charge on any atom is 0.184 e. The van der Waals surface area contributed by atoms with Gasteiger partial charge in [-0.25, -0.2) is 0 Å². The molecule has 3 aromatic rings. The van der Waals surface area contributed by atoms with Crippen LogP contribution in [0.2, 0.25) is 0 Å². The number of fused-ring (bicyclic) bond motifs is 2. The third-order valence-electron chi connectivity index (χ3n) is 5.82. The SMILES string of the molecule is [N-]=[N+]=N[C@H]1[C@@H](OCc2ccc3ccccc3c2)O[C@@H]2COC(c3ccccc3)O[C@@H]2[C@@H]1O. The molecule has 2 aliphatic rings. The van der Waals surface area contributed by atoms with Gasteiger partial charge in [-0.3, -0.25) is 0 Å². The van der Waals surface area contributed by atoms with E-state index in [1.807, 2.05) is 72.8 Å². The number of azide groups is 1. The number of hydrogen-bond acceptors (Lipinski definition) is 6. The number of aliphatic hydroxyl groups excluding tert-OH is 1. The molecule has 0 aliphatic carbocycles. The van der Waals surface area contributed by atoms with Gasteiger partial charge in [0.2, 0.25) is 0 Å². The lowest BCUT2D eigenvalue weighted by molar-refractivity contribution is -0.343. The first-order valence-corrected chi connectivity index (χ1v) is 10.5. The van der Waals surface area contributed by atoms with E-state index in [1.165, 1.54) is 0 Å². The maximum atomic E-state index is 11.0. The topological polar surface area (TPSA) is 106 Å². The molecule has 164 valence electrons. The largest absolute Gasteiger partial charge is 0.390 e. The summed E-state index contributed by atoms with van der Waals surface area (Å²) in [5.41, 5.74) is 10.8. The van der Waals surface area contributed by atoms with E-state index in [1.54, 1.807) is 0 Å². The third-order valence-corrected chi connectivity index (χ3v) is 5.82. The highest BCUT2D eigenvalue weighted by Gasteiger charge is 2.49. The summed E-state index contributed by atoms with van der Waals surface area (Å²) in [7, 11) is 0. The van der Waals surface area contributed by atoms with Crippen LogP contribution in [0.4, 0.5) is 0 Å². The van der Waals surface area contributed by atoms with E-state index in [0.717, 1.165) is 21.9 Å². The van der Waals surface area contributed by atoms with Crippen LogP contribution in [-0.2, 0) is 25.6 Å². The molecule has 1 unspecified atom stereocenters. The van der Waals surface area contributed by atoms with Crippen molar-refractivity contribution >= 4 is 10.8 Å². The molecule has 8 nitrogen and oxygen atoms in total. The molecule has 0 spiro atoms. The van der Waals surface area contributed by atoms with Gasteiger partial charge < -0.3 is 24.1 Å². The van der Waals surface area contributed by atoms with Crippen LogP contribution in [0.1, 0.15) is 17.4 Å². The molecule has 2 fully saturated rings. The summed E-state index contributed by atoms with van der Waals surface area (Å²) in [5, 5.41) is 17.0. The fourth-order valence-corrected chi connectivity index (χ4v) is 4.18. The Balaban J connectivity index is 1.30. The van der Waals surface area contributed by atoms with E-state index >= 15 is 0 Å². The average Bonchev–Trinajstić information content (AvgIpc) is 2.85.